The first-order chi connectivity index (χ1) is 32.5. The number of fused-ring (bicyclic) bond motifs is 6. The van der Waals surface area contributed by atoms with Gasteiger partial charge in [-0.1, -0.05) is 226 Å². The Hall–Kier alpha value is -8.26. The van der Waals surface area contributed by atoms with Crippen molar-refractivity contribution in [2.45, 2.75) is 19.3 Å². The quantitative estimate of drug-likeness (QED) is 0.138. The lowest BCUT2D eigenvalue weighted by Crippen LogP contribution is -2.14. The van der Waals surface area contributed by atoms with E-state index in [0.29, 0.717) is 0 Å². The molecule has 0 fully saturated rings. The maximum absolute atomic E-state index is 2.45. The predicted octanol–water partition coefficient (Wildman–Crippen LogP) is 18.1. The number of benzene rings is 11. The molecule has 0 spiro atoms. The fraction of sp³-hybridized carbons (Fsp3) is 0.0462. The van der Waals surface area contributed by atoms with Crippen LogP contribution in [0.5, 0.6) is 0 Å². The van der Waals surface area contributed by atoms with Crippen molar-refractivity contribution in [3.05, 3.63) is 260 Å². The van der Waals surface area contributed by atoms with Gasteiger partial charge in [0.05, 0.1) is 5.69 Å². The summed E-state index contributed by atoms with van der Waals surface area (Å²) in [6, 6.07) is 91.4. The molecule has 0 atom stereocenters. The van der Waals surface area contributed by atoms with Gasteiger partial charge in [0, 0.05) is 22.4 Å². The number of hydrogen-bond acceptors (Lipinski definition) is 1. The molecule has 11 aromatic carbocycles. The van der Waals surface area contributed by atoms with Crippen LogP contribution >= 0.6 is 0 Å². The van der Waals surface area contributed by atoms with Gasteiger partial charge in [0.1, 0.15) is 0 Å². The first kappa shape index (κ1) is 39.3. The molecule has 0 amide bonds. The van der Waals surface area contributed by atoms with E-state index in [9.17, 15) is 0 Å². The van der Waals surface area contributed by atoms with E-state index in [-0.39, 0.29) is 5.41 Å². The zero-order chi connectivity index (χ0) is 44.2. The van der Waals surface area contributed by atoms with E-state index in [0.717, 1.165) is 22.6 Å². The SMILES string of the molecule is CC1(C)c2ccccc2-c2cc(-c3cccc(N(c4ccc(-c5cccc6c5ccc5ccccc56)cc4)c4ccccc4-c4ccccc4-c4ccccc4-c4ccccc4)c3)ccc21. The number of para-hydroxylation sites is 1. The summed E-state index contributed by atoms with van der Waals surface area (Å²) in [5.74, 6) is 0. The average Bonchev–Trinajstić information content (AvgIpc) is 3.62. The third-order valence-electron chi connectivity index (χ3n) is 13.9. The van der Waals surface area contributed by atoms with E-state index in [1.165, 1.54) is 93.9 Å². The lowest BCUT2D eigenvalue weighted by molar-refractivity contribution is 0.660. The summed E-state index contributed by atoms with van der Waals surface area (Å²) in [4.78, 5) is 2.45. The largest absolute Gasteiger partial charge is 0.310 e. The van der Waals surface area contributed by atoms with E-state index < -0.39 is 0 Å². The third-order valence-corrected chi connectivity index (χ3v) is 13.9. The van der Waals surface area contributed by atoms with Crippen molar-refractivity contribution >= 4 is 38.6 Å². The second-order valence-corrected chi connectivity index (χ2v) is 18.0. The third kappa shape index (κ3) is 6.63. The normalized spacial score (nSPS) is 12.5. The molecule has 1 aliphatic rings. The van der Waals surface area contributed by atoms with Crippen LogP contribution < -0.4 is 4.90 Å². The van der Waals surface area contributed by atoms with Gasteiger partial charge in [0.2, 0.25) is 0 Å². The van der Waals surface area contributed by atoms with Crippen molar-refractivity contribution in [1.82, 2.24) is 0 Å². The summed E-state index contributed by atoms with van der Waals surface area (Å²) in [5, 5.41) is 5.06. The Balaban J connectivity index is 1.02. The minimum Gasteiger partial charge on any atom is -0.310 e. The summed E-state index contributed by atoms with van der Waals surface area (Å²) in [6.07, 6.45) is 0. The van der Waals surface area contributed by atoms with Gasteiger partial charge in [-0.15, -0.1) is 0 Å². The highest BCUT2D eigenvalue weighted by molar-refractivity contribution is 6.12. The smallest absolute Gasteiger partial charge is 0.0540 e. The number of hydrogen-bond donors (Lipinski definition) is 0. The molecule has 1 aliphatic carbocycles. The minimum atomic E-state index is -0.0449. The molecular weight excluding hydrogens is 795 g/mol. The van der Waals surface area contributed by atoms with E-state index in [2.05, 4.69) is 267 Å². The molecule has 0 aliphatic heterocycles. The molecule has 1 nitrogen and oxygen atoms in total. The van der Waals surface area contributed by atoms with Crippen LogP contribution in [0.3, 0.4) is 0 Å². The molecule has 312 valence electrons. The summed E-state index contributed by atoms with van der Waals surface area (Å²) < 4.78 is 0. The van der Waals surface area contributed by atoms with Gasteiger partial charge in [-0.05, 0) is 130 Å². The maximum Gasteiger partial charge on any atom is 0.0540 e. The zero-order valence-corrected chi connectivity index (χ0v) is 37.1. The van der Waals surface area contributed by atoms with E-state index in [1.807, 2.05) is 0 Å². The van der Waals surface area contributed by atoms with Crippen molar-refractivity contribution in [3.8, 4) is 66.8 Å². The molecule has 66 heavy (non-hydrogen) atoms. The first-order valence-electron chi connectivity index (χ1n) is 23.0. The molecule has 0 N–H and O–H groups in total. The highest BCUT2D eigenvalue weighted by Crippen LogP contribution is 2.50. The molecule has 12 rings (SSSR count). The Morgan fingerprint density at radius 2 is 0.803 bits per heavy atom. The molecule has 0 heterocycles. The minimum absolute atomic E-state index is 0.0449. The van der Waals surface area contributed by atoms with E-state index in [4.69, 9.17) is 0 Å². The van der Waals surface area contributed by atoms with Gasteiger partial charge in [-0.2, -0.15) is 0 Å². The van der Waals surface area contributed by atoms with Crippen LogP contribution in [0.2, 0.25) is 0 Å². The van der Waals surface area contributed by atoms with Gasteiger partial charge >= 0.3 is 0 Å². The monoisotopic (exact) mass is 841 g/mol. The number of nitrogens with zero attached hydrogens (tertiary/aromatic N) is 1. The summed E-state index contributed by atoms with van der Waals surface area (Å²) >= 11 is 0. The molecule has 0 radical (unpaired) electrons. The Kier molecular flexibility index (Phi) is 9.58. The van der Waals surface area contributed by atoms with Crippen LogP contribution in [0.25, 0.3) is 88.3 Å². The van der Waals surface area contributed by atoms with Gasteiger partial charge in [-0.3, -0.25) is 0 Å². The second-order valence-electron chi connectivity index (χ2n) is 18.0. The van der Waals surface area contributed by atoms with Crippen molar-refractivity contribution in [1.29, 1.82) is 0 Å². The Morgan fingerprint density at radius 1 is 0.273 bits per heavy atom. The van der Waals surface area contributed by atoms with Crippen molar-refractivity contribution < 1.29 is 0 Å². The number of rotatable bonds is 8. The fourth-order valence-electron chi connectivity index (χ4n) is 10.7. The molecular formula is C65H47N. The van der Waals surface area contributed by atoms with E-state index in [1.54, 1.807) is 0 Å². The topological polar surface area (TPSA) is 3.24 Å². The highest BCUT2D eigenvalue weighted by atomic mass is 15.1. The Morgan fingerprint density at radius 3 is 1.61 bits per heavy atom. The molecule has 0 saturated heterocycles. The highest BCUT2D eigenvalue weighted by Gasteiger charge is 2.35. The van der Waals surface area contributed by atoms with Crippen LogP contribution in [-0.2, 0) is 5.41 Å². The van der Waals surface area contributed by atoms with Gasteiger partial charge in [0.25, 0.3) is 0 Å². The van der Waals surface area contributed by atoms with Gasteiger partial charge < -0.3 is 4.90 Å². The number of anilines is 3. The van der Waals surface area contributed by atoms with Crippen LogP contribution in [0, 0.1) is 0 Å². The van der Waals surface area contributed by atoms with Crippen molar-refractivity contribution in [2.75, 3.05) is 4.90 Å². The summed E-state index contributed by atoms with van der Waals surface area (Å²) in [5.41, 5.74) is 20.6. The van der Waals surface area contributed by atoms with Crippen LogP contribution in [0.4, 0.5) is 17.1 Å². The zero-order valence-electron chi connectivity index (χ0n) is 37.1. The second kappa shape index (κ2) is 16.1. The summed E-state index contributed by atoms with van der Waals surface area (Å²) in [6.45, 7) is 4.69. The molecule has 0 aromatic heterocycles. The van der Waals surface area contributed by atoms with Gasteiger partial charge in [-0.25, -0.2) is 0 Å². The molecule has 0 saturated carbocycles. The lowest BCUT2D eigenvalue weighted by Gasteiger charge is -2.29. The Labute approximate surface area is 387 Å². The maximum atomic E-state index is 2.45. The van der Waals surface area contributed by atoms with E-state index >= 15 is 0 Å². The molecule has 1 heteroatoms. The molecule has 11 aromatic rings. The molecule has 0 bridgehead atoms. The lowest BCUT2D eigenvalue weighted by atomic mass is 9.82. The van der Waals surface area contributed by atoms with Crippen LogP contribution in [0.15, 0.2) is 249 Å². The average molecular weight is 842 g/mol. The first-order valence-corrected chi connectivity index (χ1v) is 23.0. The standard InChI is InChI=1S/C65H47N/c1-65(2)62-32-14-12-28-59(62)61-43-48(37-41-63(61)65)47-21-16-22-50(42-47)66(49-38-34-46(35-39-49)53-30-17-31-55-52-23-7-6-20-45(52)36-40-58(53)55)64-33-15-13-29-60(64)57-27-11-10-26-56(57)54-25-9-8-24-51(54)44-18-4-3-5-19-44/h3-43H,1-2H3. The van der Waals surface area contributed by atoms with Gasteiger partial charge in [0.15, 0.2) is 0 Å². The van der Waals surface area contributed by atoms with Crippen LogP contribution in [0.1, 0.15) is 25.0 Å². The van der Waals surface area contributed by atoms with Crippen molar-refractivity contribution in [2.24, 2.45) is 0 Å². The fourth-order valence-corrected chi connectivity index (χ4v) is 10.7. The summed E-state index contributed by atoms with van der Waals surface area (Å²) in [7, 11) is 0. The van der Waals surface area contributed by atoms with Crippen molar-refractivity contribution in [3.63, 3.8) is 0 Å². The predicted molar refractivity (Wildman–Crippen MR) is 281 cm³/mol. The Bertz CT molecular complexity index is 3620. The van der Waals surface area contributed by atoms with Crippen LogP contribution in [-0.4, -0.2) is 0 Å². The molecule has 0 unspecified atom stereocenters.